The summed E-state index contributed by atoms with van der Waals surface area (Å²) in [4.78, 5) is 14.0. The SMILES string of the molecule is O=c1cc(O)n2ncc(-c3ccc(Br)cc3)c2[nH]1. The first-order valence-electron chi connectivity index (χ1n) is 5.21. The van der Waals surface area contributed by atoms with Crippen molar-refractivity contribution in [2.45, 2.75) is 0 Å². The lowest BCUT2D eigenvalue weighted by Crippen LogP contribution is -2.07. The maximum atomic E-state index is 11.4. The van der Waals surface area contributed by atoms with Gasteiger partial charge in [-0.25, -0.2) is 0 Å². The molecule has 5 nitrogen and oxygen atoms in total. The predicted octanol–water partition coefficient (Wildman–Crippen LogP) is 2.16. The Bertz CT molecular complexity index is 774. The Morgan fingerprint density at radius 2 is 2.00 bits per heavy atom. The molecule has 18 heavy (non-hydrogen) atoms. The van der Waals surface area contributed by atoms with Gasteiger partial charge in [-0.2, -0.15) is 9.61 Å². The van der Waals surface area contributed by atoms with Crippen LogP contribution in [0.15, 0.2) is 45.8 Å². The number of nitrogens with one attached hydrogen (secondary N) is 1. The van der Waals surface area contributed by atoms with E-state index in [0.29, 0.717) is 5.65 Å². The number of nitrogens with zero attached hydrogens (tertiary/aromatic N) is 2. The highest BCUT2D eigenvalue weighted by molar-refractivity contribution is 9.10. The average Bonchev–Trinajstić information content (AvgIpc) is 2.74. The van der Waals surface area contributed by atoms with E-state index in [2.05, 4.69) is 26.0 Å². The maximum absolute atomic E-state index is 11.4. The second kappa shape index (κ2) is 3.99. The molecular weight excluding hydrogens is 298 g/mol. The fraction of sp³-hybridized carbons (Fsp3) is 0. The van der Waals surface area contributed by atoms with Crippen molar-refractivity contribution < 1.29 is 5.11 Å². The highest BCUT2D eigenvalue weighted by atomic mass is 79.9. The first kappa shape index (κ1) is 11.0. The normalized spacial score (nSPS) is 10.9. The fourth-order valence-corrected chi connectivity index (χ4v) is 2.08. The molecule has 3 aromatic rings. The van der Waals surface area contributed by atoms with Crippen molar-refractivity contribution in [2.24, 2.45) is 0 Å². The summed E-state index contributed by atoms with van der Waals surface area (Å²) >= 11 is 3.36. The average molecular weight is 306 g/mol. The monoisotopic (exact) mass is 305 g/mol. The molecule has 0 aliphatic heterocycles. The highest BCUT2D eigenvalue weighted by Crippen LogP contribution is 2.25. The molecule has 0 saturated carbocycles. The second-order valence-electron chi connectivity index (χ2n) is 3.82. The van der Waals surface area contributed by atoms with Crippen LogP contribution in [-0.4, -0.2) is 19.7 Å². The number of aromatic hydroxyl groups is 1. The summed E-state index contributed by atoms with van der Waals surface area (Å²) in [5.74, 6) is -0.183. The van der Waals surface area contributed by atoms with Gasteiger partial charge in [0.1, 0.15) is 5.65 Å². The summed E-state index contributed by atoms with van der Waals surface area (Å²) in [6, 6.07) is 8.71. The van der Waals surface area contributed by atoms with Gasteiger partial charge in [0.05, 0.1) is 12.3 Å². The van der Waals surface area contributed by atoms with Crippen molar-refractivity contribution in [2.75, 3.05) is 0 Å². The molecule has 0 aliphatic rings. The smallest absolute Gasteiger partial charge is 0.254 e. The van der Waals surface area contributed by atoms with Crippen LogP contribution < -0.4 is 5.56 Å². The number of halogens is 1. The van der Waals surface area contributed by atoms with Crippen LogP contribution in [-0.2, 0) is 0 Å². The van der Waals surface area contributed by atoms with Crippen LogP contribution in [0.1, 0.15) is 0 Å². The molecule has 0 radical (unpaired) electrons. The van der Waals surface area contributed by atoms with Crippen molar-refractivity contribution in [3.05, 3.63) is 51.4 Å². The summed E-state index contributed by atoms with van der Waals surface area (Å²) in [5.41, 5.74) is 1.78. The largest absolute Gasteiger partial charge is 0.493 e. The third kappa shape index (κ3) is 1.70. The lowest BCUT2D eigenvalue weighted by molar-refractivity contribution is 0.434. The number of hydrogen-bond donors (Lipinski definition) is 2. The lowest BCUT2D eigenvalue weighted by Gasteiger charge is -2.00. The van der Waals surface area contributed by atoms with E-state index in [1.165, 1.54) is 4.52 Å². The Morgan fingerprint density at radius 3 is 2.72 bits per heavy atom. The molecule has 2 N–H and O–H groups in total. The van der Waals surface area contributed by atoms with E-state index in [1.807, 2.05) is 24.3 Å². The van der Waals surface area contributed by atoms with Gasteiger partial charge < -0.3 is 10.1 Å². The molecule has 2 aromatic heterocycles. The summed E-state index contributed by atoms with van der Waals surface area (Å²) in [7, 11) is 0. The standard InChI is InChI=1S/C12H8BrN3O2/c13-8-3-1-7(2-4-8)9-6-14-16-11(18)5-10(17)15-12(9)16/h1-6,18H,(H,15,17). The number of benzene rings is 1. The minimum atomic E-state index is -0.362. The fourth-order valence-electron chi connectivity index (χ4n) is 1.81. The minimum absolute atomic E-state index is 0.183. The minimum Gasteiger partial charge on any atom is -0.493 e. The Kier molecular flexibility index (Phi) is 2.45. The molecule has 90 valence electrons. The summed E-state index contributed by atoms with van der Waals surface area (Å²) in [6.45, 7) is 0. The molecule has 0 atom stereocenters. The maximum Gasteiger partial charge on any atom is 0.254 e. The van der Waals surface area contributed by atoms with E-state index in [1.54, 1.807) is 6.20 Å². The van der Waals surface area contributed by atoms with Gasteiger partial charge in [-0.1, -0.05) is 28.1 Å². The highest BCUT2D eigenvalue weighted by Gasteiger charge is 2.10. The van der Waals surface area contributed by atoms with Crippen LogP contribution in [0, 0.1) is 0 Å². The van der Waals surface area contributed by atoms with E-state index in [-0.39, 0.29) is 11.4 Å². The number of H-pyrrole nitrogens is 1. The van der Waals surface area contributed by atoms with Gasteiger partial charge in [-0.3, -0.25) is 4.79 Å². The first-order valence-corrected chi connectivity index (χ1v) is 6.00. The summed E-state index contributed by atoms with van der Waals surface area (Å²) in [6.07, 6.45) is 1.61. The van der Waals surface area contributed by atoms with Crippen LogP contribution in [0.2, 0.25) is 0 Å². The van der Waals surface area contributed by atoms with Gasteiger partial charge in [-0.05, 0) is 17.7 Å². The van der Waals surface area contributed by atoms with E-state index in [4.69, 9.17) is 0 Å². The van der Waals surface area contributed by atoms with Gasteiger partial charge in [0.2, 0.25) is 5.88 Å². The number of aromatic amines is 1. The Morgan fingerprint density at radius 1 is 1.28 bits per heavy atom. The Balaban J connectivity index is 2.30. The van der Waals surface area contributed by atoms with Gasteiger partial charge in [0.25, 0.3) is 5.56 Å². The number of aromatic nitrogens is 3. The molecule has 0 aliphatic carbocycles. The van der Waals surface area contributed by atoms with E-state index >= 15 is 0 Å². The van der Waals surface area contributed by atoms with Gasteiger partial charge in [0, 0.05) is 10.0 Å². The van der Waals surface area contributed by atoms with E-state index < -0.39 is 0 Å². The van der Waals surface area contributed by atoms with E-state index in [9.17, 15) is 9.90 Å². The van der Waals surface area contributed by atoms with Crippen molar-refractivity contribution in [1.29, 1.82) is 0 Å². The quantitative estimate of drug-likeness (QED) is 0.724. The molecule has 3 rings (SSSR count). The lowest BCUT2D eigenvalue weighted by atomic mass is 10.1. The second-order valence-corrected chi connectivity index (χ2v) is 4.73. The van der Waals surface area contributed by atoms with E-state index in [0.717, 1.165) is 21.7 Å². The molecule has 0 unspecified atom stereocenters. The molecule has 0 amide bonds. The molecule has 2 heterocycles. The van der Waals surface area contributed by atoms with Crippen LogP contribution in [0.25, 0.3) is 16.8 Å². The van der Waals surface area contributed by atoms with Crippen LogP contribution in [0.5, 0.6) is 5.88 Å². The molecule has 0 spiro atoms. The van der Waals surface area contributed by atoms with Crippen molar-refractivity contribution in [3.8, 4) is 17.0 Å². The first-order chi connectivity index (χ1) is 8.65. The van der Waals surface area contributed by atoms with Crippen molar-refractivity contribution in [3.63, 3.8) is 0 Å². The molecule has 1 aromatic carbocycles. The van der Waals surface area contributed by atoms with Crippen LogP contribution >= 0.6 is 15.9 Å². The number of fused-ring (bicyclic) bond motifs is 1. The summed E-state index contributed by atoms with van der Waals surface area (Å²) in [5, 5.41) is 13.7. The molecule has 6 heteroatoms. The Hall–Kier alpha value is -2.08. The van der Waals surface area contributed by atoms with Crippen molar-refractivity contribution in [1.82, 2.24) is 14.6 Å². The van der Waals surface area contributed by atoms with Gasteiger partial charge >= 0.3 is 0 Å². The summed E-state index contributed by atoms with van der Waals surface area (Å²) < 4.78 is 2.26. The third-order valence-corrected chi connectivity index (χ3v) is 3.17. The molecule has 0 fully saturated rings. The van der Waals surface area contributed by atoms with Gasteiger partial charge in [0.15, 0.2) is 0 Å². The predicted molar refractivity (Wildman–Crippen MR) is 70.6 cm³/mol. The zero-order valence-electron chi connectivity index (χ0n) is 9.09. The van der Waals surface area contributed by atoms with Gasteiger partial charge in [-0.15, -0.1) is 0 Å². The van der Waals surface area contributed by atoms with Crippen molar-refractivity contribution >= 4 is 21.6 Å². The molecular formula is C12H8BrN3O2. The molecule has 0 bridgehead atoms. The number of hydrogen-bond acceptors (Lipinski definition) is 3. The third-order valence-electron chi connectivity index (χ3n) is 2.64. The number of rotatable bonds is 1. The Labute approximate surface area is 110 Å². The zero-order valence-corrected chi connectivity index (χ0v) is 10.7. The topological polar surface area (TPSA) is 70.4 Å². The molecule has 0 saturated heterocycles. The van der Waals surface area contributed by atoms with Crippen LogP contribution in [0.3, 0.4) is 0 Å². The van der Waals surface area contributed by atoms with Crippen LogP contribution in [0.4, 0.5) is 0 Å². The zero-order chi connectivity index (χ0) is 12.7.